The summed E-state index contributed by atoms with van der Waals surface area (Å²) in [6, 6.07) is 27.2. The zero-order chi connectivity index (χ0) is 29.9. The van der Waals surface area contributed by atoms with Crippen LogP contribution in [0.3, 0.4) is 0 Å². The molecule has 1 amide bonds. The van der Waals surface area contributed by atoms with Crippen LogP contribution < -0.4 is 4.74 Å². The van der Waals surface area contributed by atoms with Crippen LogP contribution in [0.4, 0.5) is 4.79 Å². The van der Waals surface area contributed by atoms with Gasteiger partial charge < -0.3 is 24.4 Å². The molecular weight excluding hydrogens is 561 g/mol. The zero-order valence-electron chi connectivity index (χ0n) is 22.1. The van der Waals surface area contributed by atoms with Gasteiger partial charge in [0, 0.05) is 12.3 Å². The normalized spacial score (nSPS) is 13.0. The highest BCUT2D eigenvalue weighted by Gasteiger charge is 2.43. The lowest BCUT2D eigenvalue weighted by molar-refractivity contribution is -0.141. The van der Waals surface area contributed by atoms with Gasteiger partial charge >= 0.3 is 25.8 Å². The number of hydrogen-bond donors (Lipinski definition) is 3. The minimum Gasteiger partial charge on any atom is -0.480 e. The average molecular weight is 588 g/mol. The predicted octanol–water partition coefficient (Wildman–Crippen LogP) is 5.25. The number of carboxylic acid groups (broad SMARTS) is 1. The van der Waals surface area contributed by atoms with E-state index in [1.807, 2.05) is 48.5 Å². The van der Waals surface area contributed by atoms with Crippen molar-refractivity contribution in [3.63, 3.8) is 0 Å². The van der Waals surface area contributed by atoms with Gasteiger partial charge in [-0.05, 0) is 52.1 Å². The van der Waals surface area contributed by atoms with E-state index in [0.29, 0.717) is 11.1 Å². The number of ether oxygens (including phenoxy) is 2. The number of fused-ring (bicyclic) bond motifs is 3. The van der Waals surface area contributed by atoms with E-state index in [-0.39, 0.29) is 17.0 Å². The molecule has 42 heavy (non-hydrogen) atoms. The Labute approximate surface area is 241 Å². The standard InChI is InChI=1S/C31H26NO9P/c33-29(34)28(18-20-14-16-22(17-15-20)41-30(35)21-8-2-1-3-9-21)32(42(37,38)39)31(36)40-19-27-25-12-6-4-10-23(25)24-11-5-7-13-26(24)27/h1-17,27-28H,18-19H2,(H,33,34)(H2,37,38,39)/t28-/m0/s1. The van der Waals surface area contributed by atoms with Crippen molar-refractivity contribution in [3.05, 3.63) is 125 Å². The van der Waals surface area contributed by atoms with Crippen LogP contribution in [0.2, 0.25) is 0 Å². The molecule has 4 aromatic carbocycles. The summed E-state index contributed by atoms with van der Waals surface area (Å²) in [6.07, 6.45) is -1.90. The molecule has 0 heterocycles. The third-order valence-electron chi connectivity index (χ3n) is 6.96. The summed E-state index contributed by atoms with van der Waals surface area (Å²) in [6.45, 7) is -0.253. The molecule has 1 aliphatic rings. The molecule has 3 N–H and O–H groups in total. The Balaban J connectivity index is 1.31. The number of carbonyl (C=O) groups excluding carboxylic acids is 2. The second-order valence-electron chi connectivity index (χ2n) is 9.62. The Bertz CT molecular complexity index is 1620. The molecule has 1 aliphatic carbocycles. The number of nitrogens with zero attached hydrogens (tertiary/aromatic N) is 1. The molecule has 0 bridgehead atoms. The first-order valence-electron chi connectivity index (χ1n) is 12.9. The van der Waals surface area contributed by atoms with Crippen molar-refractivity contribution in [2.45, 2.75) is 18.4 Å². The van der Waals surface area contributed by atoms with E-state index in [9.17, 15) is 33.8 Å². The number of esters is 1. The lowest BCUT2D eigenvalue weighted by atomic mass is 9.98. The first-order valence-corrected chi connectivity index (χ1v) is 14.5. The second-order valence-corrected chi connectivity index (χ2v) is 11.1. The van der Waals surface area contributed by atoms with Gasteiger partial charge in [-0.2, -0.15) is 4.67 Å². The monoisotopic (exact) mass is 587 g/mol. The van der Waals surface area contributed by atoms with Gasteiger partial charge in [-0.25, -0.2) is 18.9 Å². The molecule has 4 aromatic rings. The Morgan fingerprint density at radius 1 is 0.786 bits per heavy atom. The Hall–Kier alpha value is -4.76. The number of rotatable bonds is 9. The number of carboxylic acids is 1. The van der Waals surface area contributed by atoms with E-state index >= 15 is 0 Å². The van der Waals surface area contributed by atoms with Crippen LogP contribution in [0.1, 0.15) is 33.0 Å². The van der Waals surface area contributed by atoms with Crippen molar-refractivity contribution in [3.8, 4) is 16.9 Å². The van der Waals surface area contributed by atoms with Gasteiger partial charge in [0.15, 0.2) is 0 Å². The highest BCUT2D eigenvalue weighted by Crippen LogP contribution is 2.46. The molecule has 0 unspecified atom stereocenters. The highest BCUT2D eigenvalue weighted by molar-refractivity contribution is 7.50. The fourth-order valence-electron chi connectivity index (χ4n) is 5.01. The number of amides is 1. The zero-order valence-corrected chi connectivity index (χ0v) is 23.0. The molecule has 1 atom stereocenters. The molecule has 0 saturated carbocycles. The number of carbonyl (C=O) groups is 3. The Kier molecular flexibility index (Phi) is 8.22. The average Bonchev–Trinajstić information content (AvgIpc) is 3.30. The van der Waals surface area contributed by atoms with Gasteiger partial charge in [-0.1, -0.05) is 78.9 Å². The van der Waals surface area contributed by atoms with E-state index in [1.165, 1.54) is 24.3 Å². The molecular formula is C31H26NO9P. The van der Waals surface area contributed by atoms with Crippen molar-refractivity contribution in [2.24, 2.45) is 0 Å². The maximum atomic E-state index is 13.1. The molecule has 0 aromatic heterocycles. The van der Waals surface area contributed by atoms with Crippen LogP contribution in [0.25, 0.3) is 11.1 Å². The predicted molar refractivity (Wildman–Crippen MR) is 152 cm³/mol. The first kappa shape index (κ1) is 28.8. The summed E-state index contributed by atoms with van der Waals surface area (Å²) < 4.78 is 23.1. The van der Waals surface area contributed by atoms with E-state index < -0.39 is 44.2 Å². The highest BCUT2D eigenvalue weighted by atomic mass is 31.2. The first-order chi connectivity index (χ1) is 20.1. The van der Waals surface area contributed by atoms with Gasteiger partial charge in [0.25, 0.3) is 0 Å². The summed E-state index contributed by atoms with van der Waals surface area (Å²) in [7, 11) is -5.43. The molecule has 0 saturated heterocycles. The minimum atomic E-state index is -5.43. The SMILES string of the molecule is O=C(Oc1ccc(C[C@@H](C(=O)O)N(C(=O)OCC2c3ccccc3-c3ccccc32)P(=O)(O)O)cc1)c1ccccc1. The maximum absolute atomic E-state index is 13.1. The van der Waals surface area contributed by atoms with Crippen molar-refractivity contribution < 1.29 is 43.3 Å². The smallest absolute Gasteiger partial charge is 0.435 e. The Morgan fingerprint density at radius 2 is 1.33 bits per heavy atom. The van der Waals surface area contributed by atoms with Gasteiger partial charge in [-0.3, -0.25) is 0 Å². The molecule has 0 aliphatic heterocycles. The molecule has 10 nitrogen and oxygen atoms in total. The lowest BCUT2D eigenvalue weighted by Crippen LogP contribution is -2.44. The van der Waals surface area contributed by atoms with Gasteiger partial charge in [0.1, 0.15) is 18.4 Å². The van der Waals surface area contributed by atoms with Gasteiger partial charge in [0.2, 0.25) is 0 Å². The van der Waals surface area contributed by atoms with Crippen LogP contribution in [-0.2, 0) is 20.5 Å². The quantitative estimate of drug-likeness (QED) is 0.136. The number of benzene rings is 4. The van der Waals surface area contributed by atoms with E-state index in [4.69, 9.17) is 9.47 Å². The van der Waals surface area contributed by atoms with Gasteiger partial charge in [-0.15, -0.1) is 0 Å². The lowest BCUT2D eigenvalue weighted by Gasteiger charge is -2.29. The van der Waals surface area contributed by atoms with Crippen molar-refractivity contribution in [1.29, 1.82) is 0 Å². The van der Waals surface area contributed by atoms with E-state index in [0.717, 1.165) is 22.3 Å². The van der Waals surface area contributed by atoms with Crippen LogP contribution in [0, 0.1) is 0 Å². The third kappa shape index (κ3) is 6.11. The van der Waals surface area contributed by atoms with Crippen LogP contribution in [0.5, 0.6) is 5.75 Å². The molecule has 0 radical (unpaired) electrons. The maximum Gasteiger partial charge on any atom is 0.435 e. The summed E-state index contributed by atoms with van der Waals surface area (Å²) in [5.74, 6) is -2.43. The number of aliphatic carboxylic acids is 1. The minimum absolute atomic E-state index is 0.0363. The summed E-state index contributed by atoms with van der Waals surface area (Å²) in [4.78, 5) is 57.6. The largest absolute Gasteiger partial charge is 0.480 e. The van der Waals surface area contributed by atoms with Crippen molar-refractivity contribution in [1.82, 2.24) is 4.67 Å². The third-order valence-corrected chi connectivity index (χ3v) is 7.96. The molecule has 11 heteroatoms. The topological polar surface area (TPSA) is 151 Å². The molecule has 0 spiro atoms. The van der Waals surface area contributed by atoms with Crippen LogP contribution in [-0.4, -0.2) is 50.2 Å². The second kappa shape index (κ2) is 12.0. The summed E-state index contributed by atoms with van der Waals surface area (Å²) in [5, 5.41) is 9.89. The van der Waals surface area contributed by atoms with Gasteiger partial charge in [0.05, 0.1) is 5.56 Å². The van der Waals surface area contributed by atoms with Crippen LogP contribution >= 0.6 is 7.75 Å². The molecule has 214 valence electrons. The summed E-state index contributed by atoms with van der Waals surface area (Å²) >= 11 is 0. The Morgan fingerprint density at radius 3 is 1.88 bits per heavy atom. The molecule has 0 fully saturated rings. The van der Waals surface area contributed by atoms with E-state index in [1.54, 1.807) is 30.3 Å². The molecule has 5 rings (SSSR count). The van der Waals surface area contributed by atoms with Crippen molar-refractivity contribution >= 4 is 25.8 Å². The van der Waals surface area contributed by atoms with Crippen LogP contribution in [0.15, 0.2) is 103 Å². The van der Waals surface area contributed by atoms with Crippen molar-refractivity contribution in [2.75, 3.05) is 6.61 Å². The fourth-order valence-corrected chi connectivity index (χ4v) is 5.82. The van der Waals surface area contributed by atoms with E-state index in [2.05, 4.69) is 0 Å². The fraction of sp³-hybridized carbons (Fsp3) is 0.129. The summed E-state index contributed by atoms with van der Waals surface area (Å²) in [5.41, 5.74) is 4.36. The number of hydrogen-bond acceptors (Lipinski definition) is 6.